The summed E-state index contributed by atoms with van der Waals surface area (Å²) in [6, 6.07) is 8.02. The predicted molar refractivity (Wildman–Crippen MR) is 81.0 cm³/mol. The molecule has 0 unspecified atom stereocenters. The van der Waals surface area contributed by atoms with Crippen molar-refractivity contribution in [1.29, 1.82) is 0 Å². The fourth-order valence-electron chi connectivity index (χ4n) is 2.99. The molecule has 0 aromatic carbocycles. The summed E-state index contributed by atoms with van der Waals surface area (Å²) in [6.07, 6.45) is 6.94. The van der Waals surface area contributed by atoms with Gasteiger partial charge in [0.2, 0.25) is 0 Å². The highest BCUT2D eigenvalue weighted by molar-refractivity contribution is 5.03. The molecule has 0 atom stereocenters. The van der Waals surface area contributed by atoms with E-state index in [0.717, 1.165) is 56.6 Å². The molecule has 0 saturated carbocycles. The van der Waals surface area contributed by atoms with Crippen molar-refractivity contribution in [2.75, 3.05) is 6.54 Å². The number of rotatable bonds is 4. The van der Waals surface area contributed by atoms with E-state index in [1.165, 1.54) is 0 Å². The molecule has 0 spiro atoms. The van der Waals surface area contributed by atoms with E-state index < -0.39 is 0 Å². The van der Waals surface area contributed by atoms with Crippen molar-refractivity contribution in [1.82, 2.24) is 24.2 Å². The van der Waals surface area contributed by atoms with Gasteiger partial charge in [-0.15, -0.1) is 10.2 Å². The summed E-state index contributed by atoms with van der Waals surface area (Å²) in [4.78, 5) is 2.37. The number of hydrogen-bond acceptors (Lipinski definition) is 4. The van der Waals surface area contributed by atoms with Crippen molar-refractivity contribution in [2.24, 2.45) is 0 Å². The largest absolute Gasteiger partial charge is 0.468 e. The van der Waals surface area contributed by atoms with E-state index in [1.54, 1.807) is 6.26 Å². The smallest absolute Gasteiger partial charge is 0.153 e. The van der Waals surface area contributed by atoms with Gasteiger partial charge in [-0.25, -0.2) is 0 Å². The summed E-state index contributed by atoms with van der Waals surface area (Å²) in [5, 5.41) is 8.79. The lowest BCUT2D eigenvalue weighted by atomic mass is 10.3. The summed E-state index contributed by atoms with van der Waals surface area (Å²) in [5.74, 6) is 3.08. The van der Waals surface area contributed by atoms with Gasteiger partial charge >= 0.3 is 0 Å². The lowest BCUT2D eigenvalue weighted by molar-refractivity contribution is 0.236. The van der Waals surface area contributed by atoms with Crippen molar-refractivity contribution >= 4 is 0 Å². The van der Waals surface area contributed by atoms with Crippen LogP contribution in [0.4, 0.5) is 0 Å². The third-order valence-corrected chi connectivity index (χ3v) is 4.07. The Balaban J connectivity index is 1.51. The molecule has 4 rings (SSSR count). The van der Waals surface area contributed by atoms with Gasteiger partial charge in [-0.05, 0) is 30.7 Å². The summed E-state index contributed by atoms with van der Waals surface area (Å²) < 4.78 is 9.85. The molecule has 0 saturated heterocycles. The molecule has 3 aromatic rings. The first-order chi connectivity index (χ1) is 10.9. The maximum Gasteiger partial charge on any atom is 0.153 e. The maximum absolute atomic E-state index is 5.45. The summed E-state index contributed by atoms with van der Waals surface area (Å²) in [7, 11) is 0. The zero-order chi connectivity index (χ0) is 14.8. The minimum Gasteiger partial charge on any atom is -0.468 e. The Hall–Kier alpha value is -2.34. The van der Waals surface area contributed by atoms with Crippen LogP contribution in [0.1, 0.15) is 23.8 Å². The fourth-order valence-corrected chi connectivity index (χ4v) is 2.99. The monoisotopic (exact) mass is 297 g/mol. The molecule has 0 aliphatic carbocycles. The standard InChI is InChI=1S/C16H19N5O/c1-2-7-19(6-1)12-15-17-18-16-13-20(8-4-9-21(15)16)11-14-5-3-10-22-14/h1-3,5-7,10H,4,8-9,11-13H2. The Labute approximate surface area is 129 Å². The van der Waals surface area contributed by atoms with Crippen LogP contribution in [0.25, 0.3) is 0 Å². The van der Waals surface area contributed by atoms with Gasteiger partial charge in [0, 0.05) is 25.5 Å². The van der Waals surface area contributed by atoms with Crippen LogP contribution in [0.2, 0.25) is 0 Å². The highest BCUT2D eigenvalue weighted by Gasteiger charge is 2.20. The third kappa shape index (κ3) is 2.69. The minimum atomic E-state index is 0.776. The molecule has 6 heteroatoms. The molecule has 1 aliphatic heterocycles. The van der Waals surface area contributed by atoms with Gasteiger partial charge in [0.1, 0.15) is 11.6 Å². The number of fused-ring (bicyclic) bond motifs is 1. The van der Waals surface area contributed by atoms with E-state index in [2.05, 4.69) is 36.6 Å². The van der Waals surface area contributed by atoms with E-state index in [0.29, 0.717) is 0 Å². The third-order valence-electron chi connectivity index (χ3n) is 4.07. The Bertz CT molecular complexity index is 714. The molecule has 114 valence electrons. The van der Waals surface area contributed by atoms with E-state index in [-0.39, 0.29) is 0 Å². The average molecular weight is 297 g/mol. The Morgan fingerprint density at radius 1 is 1.05 bits per heavy atom. The minimum absolute atomic E-state index is 0.776. The topological polar surface area (TPSA) is 52.0 Å². The van der Waals surface area contributed by atoms with Crippen molar-refractivity contribution in [3.8, 4) is 0 Å². The van der Waals surface area contributed by atoms with E-state index in [1.807, 2.05) is 24.3 Å². The van der Waals surface area contributed by atoms with Gasteiger partial charge < -0.3 is 13.6 Å². The lowest BCUT2D eigenvalue weighted by Gasteiger charge is -2.16. The van der Waals surface area contributed by atoms with E-state index in [9.17, 15) is 0 Å². The molecule has 3 aromatic heterocycles. The van der Waals surface area contributed by atoms with Gasteiger partial charge in [-0.2, -0.15) is 0 Å². The first-order valence-corrected chi connectivity index (χ1v) is 7.65. The van der Waals surface area contributed by atoms with Gasteiger partial charge in [-0.1, -0.05) is 0 Å². The van der Waals surface area contributed by atoms with Gasteiger partial charge in [-0.3, -0.25) is 4.90 Å². The summed E-state index contributed by atoms with van der Waals surface area (Å²) in [6.45, 7) is 4.45. The Kier molecular flexibility index (Phi) is 3.52. The molecule has 0 fully saturated rings. The highest BCUT2D eigenvalue weighted by atomic mass is 16.3. The molecule has 0 amide bonds. The van der Waals surface area contributed by atoms with Crippen LogP contribution in [0.5, 0.6) is 0 Å². The van der Waals surface area contributed by atoms with Crippen LogP contribution in [0.3, 0.4) is 0 Å². The van der Waals surface area contributed by atoms with Crippen molar-refractivity contribution in [3.05, 3.63) is 60.3 Å². The second-order valence-electron chi connectivity index (χ2n) is 5.68. The van der Waals surface area contributed by atoms with Crippen molar-refractivity contribution < 1.29 is 4.42 Å². The maximum atomic E-state index is 5.45. The van der Waals surface area contributed by atoms with Crippen LogP contribution in [0.15, 0.2) is 47.3 Å². The zero-order valence-corrected chi connectivity index (χ0v) is 12.4. The van der Waals surface area contributed by atoms with Crippen LogP contribution >= 0.6 is 0 Å². The number of aromatic nitrogens is 4. The first-order valence-electron chi connectivity index (χ1n) is 7.65. The molecule has 0 radical (unpaired) electrons. The lowest BCUT2D eigenvalue weighted by Crippen LogP contribution is -2.22. The van der Waals surface area contributed by atoms with Crippen LogP contribution < -0.4 is 0 Å². The second-order valence-corrected chi connectivity index (χ2v) is 5.68. The Morgan fingerprint density at radius 3 is 2.77 bits per heavy atom. The highest BCUT2D eigenvalue weighted by Crippen LogP contribution is 2.16. The summed E-state index contributed by atoms with van der Waals surface area (Å²) in [5.41, 5.74) is 0. The van der Waals surface area contributed by atoms with E-state index in [4.69, 9.17) is 4.42 Å². The van der Waals surface area contributed by atoms with E-state index >= 15 is 0 Å². The molecule has 0 bridgehead atoms. The van der Waals surface area contributed by atoms with Gasteiger partial charge in [0.25, 0.3) is 0 Å². The molecule has 6 nitrogen and oxygen atoms in total. The fraction of sp³-hybridized carbons (Fsp3) is 0.375. The zero-order valence-electron chi connectivity index (χ0n) is 12.4. The predicted octanol–water partition coefficient (Wildman–Crippen LogP) is 2.13. The molecule has 4 heterocycles. The first kappa shape index (κ1) is 13.3. The van der Waals surface area contributed by atoms with Crippen LogP contribution in [-0.4, -0.2) is 30.8 Å². The van der Waals surface area contributed by atoms with Crippen molar-refractivity contribution in [3.63, 3.8) is 0 Å². The molecule has 22 heavy (non-hydrogen) atoms. The average Bonchev–Trinajstić information content (AvgIpc) is 3.23. The summed E-state index contributed by atoms with van der Waals surface area (Å²) >= 11 is 0. The number of nitrogens with zero attached hydrogens (tertiary/aromatic N) is 5. The van der Waals surface area contributed by atoms with Gasteiger partial charge in [0.15, 0.2) is 5.82 Å². The quantitative estimate of drug-likeness (QED) is 0.740. The molecular weight excluding hydrogens is 278 g/mol. The molecular formula is C16H19N5O. The normalized spacial score (nSPS) is 15.6. The second kappa shape index (κ2) is 5.81. The Morgan fingerprint density at radius 2 is 1.95 bits per heavy atom. The number of hydrogen-bond donors (Lipinski definition) is 0. The SMILES string of the molecule is c1coc(CN2CCCn3c(nnc3Cn3cccc3)C2)c1. The van der Waals surface area contributed by atoms with Gasteiger partial charge in [0.05, 0.1) is 25.9 Å². The molecule has 1 aliphatic rings. The number of furan rings is 1. The van der Waals surface area contributed by atoms with Crippen LogP contribution in [0, 0.1) is 0 Å². The molecule has 0 N–H and O–H groups in total. The van der Waals surface area contributed by atoms with Crippen molar-refractivity contribution in [2.45, 2.75) is 32.6 Å². The van der Waals surface area contributed by atoms with Crippen LogP contribution in [-0.2, 0) is 26.2 Å².